The van der Waals surface area contributed by atoms with E-state index in [0.29, 0.717) is 32.4 Å². The highest BCUT2D eigenvalue weighted by Gasteiger charge is 2.48. The van der Waals surface area contributed by atoms with E-state index >= 15 is 0 Å². The number of hydrogen-bond acceptors (Lipinski definition) is 4. The van der Waals surface area contributed by atoms with Gasteiger partial charge in [0.05, 0.1) is 17.2 Å². The minimum Gasteiger partial charge on any atom is -0.293 e. The van der Waals surface area contributed by atoms with Gasteiger partial charge in [-0.2, -0.15) is 0 Å². The molecule has 2 aromatic carbocycles. The lowest BCUT2D eigenvalue weighted by molar-refractivity contribution is 0.0953. The van der Waals surface area contributed by atoms with Crippen LogP contribution in [0.15, 0.2) is 57.0 Å². The molecular formula is C22H15Cl2N3O3. The van der Waals surface area contributed by atoms with Gasteiger partial charge in [0.15, 0.2) is 5.78 Å². The molecule has 0 amide bonds. The molecule has 2 heterocycles. The Morgan fingerprint density at radius 1 is 0.900 bits per heavy atom. The van der Waals surface area contributed by atoms with E-state index in [0.717, 1.165) is 4.57 Å². The van der Waals surface area contributed by atoms with Gasteiger partial charge in [0.2, 0.25) is 0 Å². The molecule has 0 fully saturated rings. The first kappa shape index (κ1) is 19.0. The van der Waals surface area contributed by atoms with Gasteiger partial charge in [-0.1, -0.05) is 47.5 Å². The van der Waals surface area contributed by atoms with Crippen molar-refractivity contribution in [2.75, 3.05) is 0 Å². The van der Waals surface area contributed by atoms with Crippen molar-refractivity contribution < 1.29 is 4.79 Å². The Hall–Kier alpha value is -2.96. The van der Waals surface area contributed by atoms with Crippen molar-refractivity contribution in [2.45, 2.75) is 5.92 Å². The van der Waals surface area contributed by atoms with Crippen LogP contribution in [-0.2, 0) is 14.1 Å². The van der Waals surface area contributed by atoms with E-state index in [1.54, 1.807) is 37.4 Å². The molecule has 0 spiro atoms. The maximum atomic E-state index is 13.4. The van der Waals surface area contributed by atoms with Gasteiger partial charge in [-0.3, -0.25) is 18.7 Å². The zero-order valence-electron chi connectivity index (χ0n) is 16.0. The topological polar surface area (TPSA) is 73.4 Å². The van der Waals surface area contributed by atoms with Crippen molar-refractivity contribution in [1.29, 1.82) is 0 Å². The fourth-order valence-corrected chi connectivity index (χ4v) is 4.87. The van der Waals surface area contributed by atoms with E-state index < -0.39 is 23.1 Å². The average molecular weight is 440 g/mol. The predicted molar refractivity (Wildman–Crippen MR) is 116 cm³/mol. The second kappa shape index (κ2) is 6.52. The molecule has 1 aromatic heterocycles. The molecule has 2 unspecified atom stereocenters. The van der Waals surface area contributed by atoms with E-state index in [4.69, 9.17) is 23.2 Å². The number of ketones is 1. The monoisotopic (exact) mass is 439 g/mol. The summed E-state index contributed by atoms with van der Waals surface area (Å²) < 4.78 is 2.36. The second-order valence-electron chi connectivity index (χ2n) is 7.47. The van der Waals surface area contributed by atoms with Crippen molar-refractivity contribution in [1.82, 2.24) is 9.13 Å². The number of nitrogens with zero attached hydrogens (tertiary/aromatic N) is 3. The number of carbonyl (C=O) groups is 1. The first-order valence-electron chi connectivity index (χ1n) is 9.28. The zero-order chi connectivity index (χ0) is 21.3. The maximum Gasteiger partial charge on any atom is 0.332 e. The molecule has 8 heteroatoms. The molecule has 30 heavy (non-hydrogen) atoms. The van der Waals surface area contributed by atoms with Crippen LogP contribution < -0.4 is 11.2 Å². The van der Waals surface area contributed by atoms with Crippen molar-refractivity contribution in [3.8, 4) is 0 Å². The fraction of sp³-hybridized carbons (Fsp3) is 0.182. The Bertz CT molecular complexity index is 1420. The van der Waals surface area contributed by atoms with Crippen molar-refractivity contribution in [3.63, 3.8) is 0 Å². The molecule has 1 aliphatic carbocycles. The lowest BCUT2D eigenvalue weighted by Gasteiger charge is -2.30. The lowest BCUT2D eigenvalue weighted by atomic mass is 9.76. The van der Waals surface area contributed by atoms with Crippen LogP contribution in [0.1, 0.15) is 33.0 Å². The molecule has 3 aromatic rings. The summed E-state index contributed by atoms with van der Waals surface area (Å²) in [6, 6.07) is 12.2. The van der Waals surface area contributed by atoms with E-state index in [-0.39, 0.29) is 17.2 Å². The average Bonchev–Trinajstić information content (AvgIpc) is 3.03. The lowest BCUT2D eigenvalue weighted by Crippen LogP contribution is -2.43. The summed E-state index contributed by atoms with van der Waals surface area (Å²) in [6.45, 7) is 0. The Kier molecular flexibility index (Phi) is 4.14. The highest BCUT2D eigenvalue weighted by atomic mass is 35.5. The highest BCUT2D eigenvalue weighted by molar-refractivity contribution is 6.34. The molecule has 1 aliphatic heterocycles. The first-order valence-corrected chi connectivity index (χ1v) is 10.0. The predicted octanol–water partition coefficient (Wildman–Crippen LogP) is 3.47. The maximum absolute atomic E-state index is 13.4. The molecule has 6 nitrogen and oxygen atoms in total. The van der Waals surface area contributed by atoms with Gasteiger partial charge in [0.1, 0.15) is 5.82 Å². The summed E-state index contributed by atoms with van der Waals surface area (Å²) in [6.07, 6.45) is 0. The minimum atomic E-state index is -0.726. The third-order valence-electron chi connectivity index (χ3n) is 5.88. The van der Waals surface area contributed by atoms with Crippen LogP contribution in [0.4, 0.5) is 5.82 Å². The number of benzene rings is 2. The third kappa shape index (κ3) is 2.44. The van der Waals surface area contributed by atoms with Crippen molar-refractivity contribution in [3.05, 3.63) is 95.6 Å². The smallest absolute Gasteiger partial charge is 0.293 e. The van der Waals surface area contributed by atoms with E-state index in [9.17, 15) is 14.4 Å². The molecule has 2 atom stereocenters. The number of hydrogen-bond donors (Lipinski definition) is 0. The molecule has 0 bridgehead atoms. The van der Waals surface area contributed by atoms with Crippen LogP contribution in [0.2, 0.25) is 10.0 Å². The number of aliphatic imine (C=N–C) groups is 1. The molecule has 0 saturated carbocycles. The first-order chi connectivity index (χ1) is 14.3. The largest absolute Gasteiger partial charge is 0.332 e. The number of rotatable bonds is 1. The summed E-state index contributed by atoms with van der Waals surface area (Å²) >= 11 is 12.8. The standard InChI is InChI=1S/C22H15Cl2N3O3/c1-26-20-17(21(29)27(2)22(26)30)15(13-9-10(23)7-8-14(13)24)16-18(25-20)11-5-3-4-6-12(11)19(16)28/h3-9,15-16H,1-2H3. The van der Waals surface area contributed by atoms with Gasteiger partial charge in [-0.05, 0) is 23.8 Å². The SMILES string of the molecule is Cn1c2c(c(=O)n(C)c1=O)C(c1cc(Cl)ccc1Cl)C1C(=O)c3ccccc3C1=N2. The molecule has 150 valence electrons. The number of fused-ring (bicyclic) bond motifs is 4. The summed E-state index contributed by atoms with van der Waals surface area (Å²) in [4.78, 5) is 43.9. The number of carbonyl (C=O) groups excluding carboxylic acids is 1. The molecule has 0 radical (unpaired) electrons. The molecular weight excluding hydrogens is 425 g/mol. The minimum absolute atomic E-state index is 0.132. The van der Waals surface area contributed by atoms with Crippen LogP contribution in [-0.4, -0.2) is 20.6 Å². The van der Waals surface area contributed by atoms with Crippen molar-refractivity contribution in [2.24, 2.45) is 25.0 Å². The zero-order valence-corrected chi connectivity index (χ0v) is 17.5. The van der Waals surface area contributed by atoms with Gasteiger partial charge in [0.25, 0.3) is 5.56 Å². The Balaban J connectivity index is 1.94. The van der Waals surface area contributed by atoms with E-state index in [2.05, 4.69) is 4.99 Å². The van der Waals surface area contributed by atoms with Crippen molar-refractivity contribution >= 4 is 40.5 Å². The van der Waals surface area contributed by atoms with Crippen LogP contribution in [0.3, 0.4) is 0 Å². The van der Waals surface area contributed by atoms with E-state index in [1.807, 2.05) is 12.1 Å². The number of Topliss-reactive ketones (excluding diaryl/α,β-unsaturated/α-hetero) is 1. The fourth-order valence-electron chi connectivity index (χ4n) is 4.46. The van der Waals surface area contributed by atoms with Gasteiger partial charge in [-0.15, -0.1) is 0 Å². The highest BCUT2D eigenvalue weighted by Crippen LogP contribution is 2.48. The van der Waals surface area contributed by atoms with Gasteiger partial charge in [0, 0.05) is 41.2 Å². The van der Waals surface area contributed by atoms with Crippen LogP contribution in [0, 0.1) is 5.92 Å². The molecule has 0 saturated heterocycles. The Morgan fingerprint density at radius 2 is 1.60 bits per heavy atom. The molecule has 5 rings (SSSR count). The number of aromatic nitrogens is 2. The second-order valence-corrected chi connectivity index (χ2v) is 8.31. The molecule has 0 N–H and O–H groups in total. The van der Waals surface area contributed by atoms with Gasteiger partial charge < -0.3 is 0 Å². The van der Waals surface area contributed by atoms with Crippen LogP contribution >= 0.6 is 23.2 Å². The normalized spacial score (nSPS) is 19.2. The summed E-state index contributed by atoms with van der Waals surface area (Å²) in [5.74, 6) is -1.34. The third-order valence-corrected chi connectivity index (χ3v) is 6.46. The quantitative estimate of drug-likeness (QED) is 0.582. The van der Waals surface area contributed by atoms with Gasteiger partial charge in [-0.25, -0.2) is 9.79 Å². The molecule has 2 aliphatic rings. The van der Waals surface area contributed by atoms with Gasteiger partial charge >= 0.3 is 5.69 Å². The van der Waals surface area contributed by atoms with Crippen LogP contribution in [0.5, 0.6) is 0 Å². The summed E-state index contributed by atoms with van der Waals surface area (Å²) in [5.41, 5.74) is 1.61. The summed E-state index contributed by atoms with van der Waals surface area (Å²) in [7, 11) is 2.97. The van der Waals surface area contributed by atoms with Crippen LogP contribution in [0.25, 0.3) is 0 Å². The summed E-state index contributed by atoms with van der Waals surface area (Å²) in [5, 5.41) is 0.820. The number of halogens is 2. The van der Waals surface area contributed by atoms with E-state index in [1.165, 1.54) is 11.6 Å². The Labute approximate surface area is 181 Å². The Morgan fingerprint density at radius 3 is 2.33 bits per heavy atom.